The van der Waals surface area contributed by atoms with E-state index >= 15 is 0 Å². The molecule has 0 radical (unpaired) electrons. The Morgan fingerprint density at radius 3 is 2.42 bits per heavy atom. The van der Waals surface area contributed by atoms with Crippen molar-refractivity contribution in [1.82, 2.24) is 25.7 Å². The minimum Gasteiger partial charge on any atom is -0.353 e. The topological polar surface area (TPSA) is 88.0 Å². The van der Waals surface area contributed by atoms with Crippen molar-refractivity contribution in [3.05, 3.63) is 88.5 Å². The van der Waals surface area contributed by atoms with E-state index in [1.807, 2.05) is 0 Å². The number of benzene rings is 2. The maximum atomic E-state index is 13.1. The summed E-state index contributed by atoms with van der Waals surface area (Å²) >= 11 is 0. The van der Waals surface area contributed by atoms with Crippen molar-refractivity contribution in [1.29, 1.82) is 0 Å². The maximum absolute atomic E-state index is 13.1. The van der Waals surface area contributed by atoms with Gasteiger partial charge in [-0.05, 0) is 48.4 Å². The smallest absolute Gasteiger partial charge is 0.253 e. The second-order valence-electron chi connectivity index (χ2n) is 7.28. The van der Waals surface area contributed by atoms with Gasteiger partial charge < -0.3 is 5.32 Å². The van der Waals surface area contributed by atoms with Crippen LogP contribution in [0.3, 0.4) is 0 Å². The lowest BCUT2D eigenvalue weighted by Crippen LogP contribution is -2.44. The third-order valence-electron chi connectivity index (χ3n) is 5.16. The van der Waals surface area contributed by atoms with E-state index in [2.05, 4.69) is 21.2 Å². The van der Waals surface area contributed by atoms with Gasteiger partial charge in [-0.3, -0.25) is 14.2 Å². The van der Waals surface area contributed by atoms with Crippen LogP contribution in [0.25, 0.3) is 11.3 Å². The summed E-state index contributed by atoms with van der Waals surface area (Å²) in [5.74, 6) is -0.857. The van der Waals surface area contributed by atoms with Crippen LogP contribution in [0.4, 0.5) is 8.78 Å². The second kappa shape index (κ2) is 9.15. The van der Waals surface area contributed by atoms with Crippen molar-refractivity contribution in [2.24, 2.45) is 0 Å². The summed E-state index contributed by atoms with van der Waals surface area (Å²) in [7, 11) is 0. The van der Waals surface area contributed by atoms with Crippen molar-refractivity contribution in [3.8, 4) is 11.3 Å². The summed E-state index contributed by atoms with van der Waals surface area (Å²) in [5, 5.41) is 2.80. The third-order valence-corrected chi connectivity index (χ3v) is 5.16. The Hall–Kier alpha value is -3.43. The minimum absolute atomic E-state index is 0.0952. The van der Waals surface area contributed by atoms with E-state index in [-0.39, 0.29) is 42.2 Å². The molecule has 160 valence electrons. The molecule has 0 aliphatic carbocycles. The molecule has 2 atom stereocenters. The molecule has 2 aromatic carbocycles. The Morgan fingerprint density at radius 2 is 1.74 bits per heavy atom. The number of carbonyl (C=O) groups excluding carboxylic acids is 1. The van der Waals surface area contributed by atoms with Crippen molar-refractivity contribution in [2.75, 3.05) is 6.54 Å². The highest BCUT2D eigenvalue weighted by molar-refractivity contribution is 5.82. The lowest BCUT2D eigenvalue weighted by molar-refractivity contribution is -0.122. The number of aromatic nitrogens is 2. The van der Waals surface area contributed by atoms with Crippen LogP contribution in [0.5, 0.6) is 0 Å². The number of hydrazine groups is 1. The molecule has 9 heteroatoms. The molecular weight excluding hydrogens is 404 g/mol. The fourth-order valence-corrected chi connectivity index (χ4v) is 3.44. The highest BCUT2D eigenvalue weighted by atomic mass is 19.1. The molecule has 1 aliphatic heterocycles. The molecule has 1 saturated heterocycles. The number of hydrogen-bond donors (Lipinski definition) is 3. The summed E-state index contributed by atoms with van der Waals surface area (Å²) in [6.45, 7) is 0.526. The normalized spacial score (nSPS) is 18.1. The monoisotopic (exact) mass is 425 g/mol. The van der Waals surface area contributed by atoms with E-state index in [0.29, 0.717) is 17.7 Å². The average Bonchev–Trinajstić information content (AvgIpc) is 3.26. The molecule has 3 aromatic rings. The van der Waals surface area contributed by atoms with E-state index in [4.69, 9.17) is 0 Å². The van der Waals surface area contributed by atoms with E-state index < -0.39 is 6.04 Å². The predicted molar refractivity (Wildman–Crippen MR) is 111 cm³/mol. The van der Waals surface area contributed by atoms with Gasteiger partial charge in [-0.1, -0.05) is 12.1 Å². The van der Waals surface area contributed by atoms with Crippen LogP contribution in [-0.4, -0.2) is 28.0 Å². The average molecular weight is 425 g/mol. The molecule has 1 fully saturated rings. The summed E-state index contributed by atoms with van der Waals surface area (Å²) in [6, 6.07) is 12.7. The van der Waals surface area contributed by atoms with Gasteiger partial charge in [0.1, 0.15) is 17.7 Å². The Morgan fingerprint density at radius 1 is 1.06 bits per heavy atom. The number of rotatable bonds is 6. The van der Waals surface area contributed by atoms with Crippen molar-refractivity contribution < 1.29 is 13.6 Å². The summed E-state index contributed by atoms with van der Waals surface area (Å²) in [5.41, 5.74) is 7.72. The van der Waals surface area contributed by atoms with Crippen LogP contribution >= 0.6 is 0 Å². The van der Waals surface area contributed by atoms with Crippen LogP contribution < -0.4 is 21.7 Å². The number of nitrogens with one attached hydrogen (secondary N) is 3. The van der Waals surface area contributed by atoms with Gasteiger partial charge in [0.2, 0.25) is 5.91 Å². The first-order chi connectivity index (χ1) is 15.0. The first-order valence-corrected chi connectivity index (χ1v) is 9.86. The van der Waals surface area contributed by atoms with Crippen LogP contribution in [0.2, 0.25) is 0 Å². The number of amides is 1. The first-order valence-electron chi connectivity index (χ1n) is 9.86. The lowest BCUT2D eigenvalue weighted by atomic mass is 10.0. The van der Waals surface area contributed by atoms with Crippen molar-refractivity contribution >= 4 is 5.91 Å². The molecule has 3 N–H and O–H groups in total. The van der Waals surface area contributed by atoms with Gasteiger partial charge in [0.25, 0.3) is 5.56 Å². The van der Waals surface area contributed by atoms with Crippen LogP contribution in [0.1, 0.15) is 18.0 Å². The van der Waals surface area contributed by atoms with Crippen LogP contribution in [-0.2, 0) is 11.3 Å². The minimum atomic E-state index is -0.439. The molecular formula is C22H21F2N5O2. The number of halogens is 2. The zero-order chi connectivity index (χ0) is 21.8. The first kappa shape index (κ1) is 20.8. The Kier molecular flexibility index (Phi) is 6.15. The zero-order valence-electron chi connectivity index (χ0n) is 16.5. The quantitative estimate of drug-likeness (QED) is 0.562. The third kappa shape index (κ3) is 5.01. The molecule has 31 heavy (non-hydrogen) atoms. The highest BCUT2D eigenvalue weighted by Gasteiger charge is 2.29. The van der Waals surface area contributed by atoms with E-state index in [0.717, 1.165) is 5.56 Å². The van der Waals surface area contributed by atoms with Crippen molar-refractivity contribution in [2.45, 2.75) is 25.0 Å². The summed E-state index contributed by atoms with van der Waals surface area (Å²) in [4.78, 5) is 29.0. The van der Waals surface area contributed by atoms with Gasteiger partial charge >= 0.3 is 0 Å². The van der Waals surface area contributed by atoms with Gasteiger partial charge in [0, 0.05) is 30.8 Å². The van der Waals surface area contributed by atoms with E-state index in [9.17, 15) is 18.4 Å². The number of carbonyl (C=O) groups is 1. The molecule has 0 saturated carbocycles. The molecule has 1 aromatic heterocycles. The summed E-state index contributed by atoms with van der Waals surface area (Å²) in [6.07, 6.45) is 1.93. The van der Waals surface area contributed by atoms with Gasteiger partial charge in [-0.25, -0.2) is 24.6 Å². The molecule has 2 heterocycles. The Balaban J connectivity index is 1.29. The lowest BCUT2D eigenvalue weighted by Gasteiger charge is -2.12. The Labute approximate surface area is 177 Å². The van der Waals surface area contributed by atoms with Crippen LogP contribution in [0, 0.1) is 11.6 Å². The van der Waals surface area contributed by atoms with Gasteiger partial charge in [0.15, 0.2) is 0 Å². The molecule has 0 bridgehead atoms. The maximum Gasteiger partial charge on any atom is 0.253 e. The zero-order valence-corrected chi connectivity index (χ0v) is 16.5. The highest BCUT2D eigenvalue weighted by Crippen LogP contribution is 2.22. The Bertz CT molecular complexity index is 1120. The van der Waals surface area contributed by atoms with Crippen molar-refractivity contribution in [3.63, 3.8) is 0 Å². The molecule has 1 aliphatic rings. The molecule has 2 unspecified atom stereocenters. The van der Waals surface area contributed by atoms with Gasteiger partial charge in [0.05, 0.1) is 12.0 Å². The molecule has 4 rings (SSSR count). The molecule has 0 spiro atoms. The number of nitrogens with zero attached hydrogens (tertiary/aromatic N) is 2. The van der Waals surface area contributed by atoms with Crippen LogP contribution in [0.15, 0.2) is 65.7 Å². The van der Waals surface area contributed by atoms with Gasteiger partial charge in [-0.2, -0.15) is 0 Å². The van der Waals surface area contributed by atoms with E-state index in [1.54, 1.807) is 24.3 Å². The molecule has 1 amide bonds. The van der Waals surface area contributed by atoms with Gasteiger partial charge in [-0.15, -0.1) is 0 Å². The standard InChI is InChI=1S/C22H21F2N5O2/c23-16-5-1-14(2-6-16)18-12-21(30)29(13-26-18)10-9-25-22(31)20-11-19(27-28-20)15-3-7-17(24)8-4-15/h1-8,12-13,19-20,27-28H,9-11H2,(H,25,31). The number of hydrogen-bond acceptors (Lipinski definition) is 5. The predicted octanol–water partition coefficient (Wildman–Crippen LogP) is 1.91. The SMILES string of the molecule is O=C(NCCn1cnc(-c2ccc(F)cc2)cc1=O)C1CC(c2ccc(F)cc2)NN1. The fourth-order valence-electron chi connectivity index (χ4n) is 3.44. The molecule has 7 nitrogen and oxygen atoms in total. The van der Waals surface area contributed by atoms with E-state index in [1.165, 1.54) is 41.2 Å². The fraction of sp³-hybridized carbons (Fsp3) is 0.227. The summed E-state index contributed by atoms with van der Waals surface area (Å²) < 4.78 is 27.5. The second-order valence-corrected chi connectivity index (χ2v) is 7.28. The largest absolute Gasteiger partial charge is 0.353 e.